The highest BCUT2D eigenvalue weighted by Gasteiger charge is 2.04. The zero-order valence-corrected chi connectivity index (χ0v) is 8.92. The fraction of sp³-hybridized carbons (Fsp3) is 0. The number of aromatic carboxylic acids is 1. The molecule has 4 N–H and O–H groups in total. The van der Waals surface area contributed by atoms with Gasteiger partial charge in [-0.1, -0.05) is 18.2 Å². The molecular formula is C13H11NO3. The van der Waals surface area contributed by atoms with Crippen molar-refractivity contribution >= 4 is 11.7 Å². The predicted molar refractivity (Wildman–Crippen MR) is 64.9 cm³/mol. The molecule has 0 aliphatic heterocycles. The van der Waals surface area contributed by atoms with Gasteiger partial charge in [-0.3, -0.25) is 0 Å². The van der Waals surface area contributed by atoms with E-state index in [-0.39, 0.29) is 11.3 Å². The molecule has 0 bridgehead atoms. The van der Waals surface area contributed by atoms with Gasteiger partial charge < -0.3 is 15.9 Å². The number of hydrogen-bond acceptors (Lipinski definition) is 3. The molecule has 0 unspecified atom stereocenters. The van der Waals surface area contributed by atoms with Crippen molar-refractivity contribution in [3.8, 4) is 16.9 Å². The van der Waals surface area contributed by atoms with E-state index in [1.54, 1.807) is 30.3 Å². The molecule has 0 radical (unpaired) electrons. The van der Waals surface area contributed by atoms with Crippen molar-refractivity contribution in [1.82, 2.24) is 0 Å². The standard InChI is InChI=1S/C13H11NO3/c14-11-6-5-10(7-12(11)15)8-1-3-9(4-2-8)13(16)17/h1-7,15H,14H2,(H,16,17). The van der Waals surface area contributed by atoms with Crippen LogP contribution in [0.2, 0.25) is 0 Å². The number of aromatic hydroxyl groups is 1. The van der Waals surface area contributed by atoms with Gasteiger partial charge >= 0.3 is 5.97 Å². The lowest BCUT2D eigenvalue weighted by Crippen LogP contribution is -1.95. The molecule has 2 aromatic rings. The molecule has 4 heteroatoms. The summed E-state index contributed by atoms with van der Waals surface area (Å²) in [5, 5.41) is 18.3. The third-order valence-electron chi connectivity index (χ3n) is 2.50. The largest absolute Gasteiger partial charge is 0.506 e. The number of rotatable bonds is 2. The van der Waals surface area contributed by atoms with Crippen LogP contribution in [0, 0.1) is 0 Å². The first-order valence-corrected chi connectivity index (χ1v) is 5.00. The Hall–Kier alpha value is -2.49. The maximum absolute atomic E-state index is 10.7. The van der Waals surface area contributed by atoms with Crippen LogP contribution in [0.1, 0.15) is 10.4 Å². The number of anilines is 1. The highest BCUT2D eigenvalue weighted by Crippen LogP contribution is 2.27. The van der Waals surface area contributed by atoms with Crippen molar-refractivity contribution in [3.63, 3.8) is 0 Å². The van der Waals surface area contributed by atoms with Gasteiger partial charge in [-0.15, -0.1) is 0 Å². The van der Waals surface area contributed by atoms with E-state index in [1.165, 1.54) is 12.1 Å². The number of phenolic OH excluding ortho intramolecular Hbond substituents is 1. The van der Waals surface area contributed by atoms with Crippen LogP contribution in [0.25, 0.3) is 11.1 Å². The van der Waals surface area contributed by atoms with Crippen LogP contribution in [-0.2, 0) is 0 Å². The first-order chi connectivity index (χ1) is 8.08. The molecule has 0 amide bonds. The number of nitrogens with two attached hydrogens (primary N) is 1. The minimum atomic E-state index is -0.961. The Balaban J connectivity index is 2.39. The molecule has 2 aromatic carbocycles. The van der Waals surface area contributed by atoms with Crippen LogP contribution >= 0.6 is 0 Å². The Bertz CT molecular complexity index is 561. The summed E-state index contributed by atoms with van der Waals surface area (Å²) >= 11 is 0. The summed E-state index contributed by atoms with van der Waals surface area (Å²) in [5.74, 6) is -0.943. The van der Waals surface area contributed by atoms with Gasteiger partial charge in [0, 0.05) is 0 Å². The Morgan fingerprint density at radius 3 is 2.12 bits per heavy atom. The molecular weight excluding hydrogens is 218 g/mol. The van der Waals surface area contributed by atoms with Crippen LogP contribution in [0.4, 0.5) is 5.69 Å². The quantitative estimate of drug-likeness (QED) is 0.545. The second-order valence-corrected chi connectivity index (χ2v) is 3.66. The minimum absolute atomic E-state index is 0.0183. The van der Waals surface area contributed by atoms with E-state index < -0.39 is 5.97 Å². The number of nitrogen functional groups attached to an aromatic ring is 1. The smallest absolute Gasteiger partial charge is 0.335 e. The SMILES string of the molecule is Nc1ccc(-c2ccc(C(=O)O)cc2)cc1O. The molecule has 0 aromatic heterocycles. The molecule has 0 saturated carbocycles. The summed E-state index contributed by atoms with van der Waals surface area (Å²) < 4.78 is 0. The molecule has 17 heavy (non-hydrogen) atoms. The lowest BCUT2D eigenvalue weighted by atomic mass is 10.0. The number of benzene rings is 2. The number of carbonyl (C=O) groups is 1. The van der Waals surface area contributed by atoms with Crippen molar-refractivity contribution in [2.75, 3.05) is 5.73 Å². The Morgan fingerprint density at radius 1 is 1.00 bits per heavy atom. The average Bonchev–Trinajstić information content (AvgIpc) is 2.33. The lowest BCUT2D eigenvalue weighted by Gasteiger charge is -2.04. The van der Waals surface area contributed by atoms with E-state index in [9.17, 15) is 9.90 Å². The fourth-order valence-corrected chi connectivity index (χ4v) is 1.53. The zero-order chi connectivity index (χ0) is 12.4. The molecule has 0 spiro atoms. The van der Waals surface area contributed by atoms with Crippen molar-refractivity contribution in [1.29, 1.82) is 0 Å². The predicted octanol–water partition coefficient (Wildman–Crippen LogP) is 2.34. The Morgan fingerprint density at radius 2 is 1.59 bits per heavy atom. The van der Waals surface area contributed by atoms with Crippen molar-refractivity contribution in [3.05, 3.63) is 48.0 Å². The van der Waals surface area contributed by atoms with Crippen molar-refractivity contribution in [2.24, 2.45) is 0 Å². The zero-order valence-electron chi connectivity index (χ0n) is 8.92. The second kappa shape index (κ2) is 4.17. The van der Waals surface area contributed by atoms with E-state index in [4.69, 9.17) is 10.8 Å². The van der Waals surface area contributed by atoms with Crippen LogP contribution in [0.5, 0.6) is 5.75 Å². The van der Waals surface area contributed by atoms with E-state index in [0.29, 0.717) is 5.69 Å². The molecule has 0 aliphatic rings. The molecule has 4 nitrogen and oxygen atoms in total. The minimum Gasteiger partial charge on any atom is -0.506 e. The highest BCUT2D eigenvalue weighted by molar-refractivity contribution is 5.88. The third-order valence-corrected chi connectivity index (χ3v) is 2.50. The van der Waals surface area contributed by atoms with E-state index in [1.807, 2.05) is 0 Å². The molecule has 0 saturated heterocycles. The van der Waals surface area contributed by atoms with Crippen LogP contribution in [0.15, 0.2) is 42.5 Å². The summed E-state index contributed by atoms with van der Waals surface area (Å²) in [6.45, 7) is 0. The van der Waals surface area contributed by atoms with Gasteiger partial charge in [0.25, 0.3) is 0 Å². The van der Waals surface area contributed by atoms with Gasteiger partial charge in [-0.2, -0.15) is 0 Å². The van der Waals surface area contributed by atoms with Gasteiger partial charge in [0.15, 0.2) is 0 Å². The molecule has 0 fully saturated rings. The molecule has 86 valence electrons. The Kier molecular flexibility index (Phi) is 2.70. The van der Waals surface area contributed by atoms with E-state index in [0.717, 1.165) is 11.1 Å². The van der Waals surface area contributed by atoms with Crippen LogP contribution in [-0.4, -0.2) is 16.2 Å². The van der Waals surface area contributed by atoms with Gasteiger partial charge in [0.1, 0.15) is 5.75 Å². The topological polar surface area (TPSA) is 83.6 Å². The van der Waals surface area contributed by atoms with Crippen LogP contribution in [0.3, 0.4) is 0 Å². The van der Waals surface area contributed by atoms with Crippen LogP contribution < -0.4 is 5.73 Å². The van der Waals surface area contributed by atoms with E-state index >= 15 is 0 Å². The summed E-state index contributed by atoms with van der Waals surface area (Å²) in [6, 6.07) is 11.3. The average molecular weight is 229 g/mol. The van der Waals surface area contributed by atoms with Gasteiger partial charge in [-0.25, -0.2) is 4.79 Å². The van der Waals surface area contributed by atoms with E-state index in [2.05, 4.69) is 0 Å². The second-order valence-electron chi connectivity index (χ2n) is 3.66. The summed E-state index contributed by atoms with van der Waals surface area (Å²) in [4.78, 5) is 10.7. The number of carboxylic acid groups (broad SMARTS) is 1. The van der Waals surface area contributed by atoms with Crippen molar-refractivity contribution < 1.29 is 15.0 Å². The molecule has 0 atom stereocenters. The van der Waals surface area contributed by atoms with Gasteiger partial charge in [-0.05, 0) is 35.4 Å². The number of phenols is 1. The molecule has 2 rings (SSSR count). The normalized spacial score (nSPS) is 10.1. The molecule has 0 aliphatic carbocycles. The highest BCUT2D eigenvalue weighted by atomic mass is 16.4. The Labute approximate surface area is 97.9 Å². The first kappa shape index (κ1) is 11.0. The third kappa shape index (κ3) is 2.20. The van der Waals surface area contributed by atoms with Gasteiger partial charge in [0.05, 0.1) is 11.3 Å². The maximum atomic E-state index is 10.7. The van der Waals surface area contributed by atoms with Crippen molar-refractivity contribution in [2.45, 2.75) is 0 Å². The summed E-state index contributed by atoms with van der Waals surface area (Å²) in [6.07, 6.45) is 0. The summed E-state index contributed by atoms with van der Waals surface area (Å²) in [7, 11) is 0. The summed E-state index contributed by atoms with van der Waals surface area (Å²) in [5.41, 5.74) is 7.66. The molecule has 0 heterocycles. The monoisotopic (exact) mass is 229 g/mol. The number of hydrogen-bond donors (Lipinski definition) is 3. The lowest BCUT2D eigenvalue weighted by molar-refractivity contribution is 0.0697. The maximum Gasteiger partial charge on any atom is 0.335 e. The number of carboxylic acids is 1. The van der Waals surface area contributed by atoms with Gasteiger partial charge in [0.2, 0.25) is 0 Å². The first-order valence-electron chi connectivity index (χ1n) is 5.00. The fourth-order valence-electron chi connectivity index (χ4n) is 1.53.